The summed E-state index contributed by atoms with van der Waals surface area (Å²) in [4.78, 5) is 5.12. The molecule has 1 heterocycles. The fourth-order valence-electron chi connectivity index (χ4n) is 1.65. The molecule has 0 aliphatic rings. The lowest BCUT2D eigenvalue weighted by Gasteiger charge is -2.06. The minimum atomic E-state index is -3.58. The van der Waals surface area contributed by atoms with Gasteiger partial charge in [-0.3, -0.25) is 4.72 Å². The molecule has 1 aromatic heterocycles. The molecular weight excluding hydrogens is 294 g/mol. The van der Waals surface area contributed by atoms with Crippen LogP contribution in [0.1, 0.15) is 21.7 Å². The Morgan fingerprint density at radius 3 is 2.65 bits per heavy atom. The first-order valence-corrected chi connectivity index (χ1v) is 8.30. The van der Waals surface area contributed by atoms with E-state index < -0.39 is 10.0 Å². The SMILES string of the molecule is Cc1nc(NS(=O)(=O)Cc2ccccc2C#N)sc1C. The number of benzene rings is 1. The molecule has 0 radical (unpaired) electrons. The molecule has 0 fully saturated rings. The van der Waals surface area contributed by atoms with E-state index in [9.17, 15) is 8.42 Å². The summed E-state index contributed by atoms with van der Waals surface area (Å²) in [6.07, 6.45) is 0. The quantitative estimate of drug-likeness (QED) is 0.941. The van der Waals surface area contributed by atoms with Crippen LogP contribution in [0.15, 0.2) is 24.3 Å². The van der Waals surface area contributed by atoms with Crippen LogP contribution in [0.4, 0.5) is 5.13 Å². The topological polar surface area (TPSA) is 82.8 Å². The highest BCUT2D eigenvalue weighted by Crippen LogP contribution is 2.23. The lowest BCUT2D eigenvalue weighted by Crippen LogP contribution is -2.15. The summed E-state index contributed by atoms with van der Waals surface area (Å²) < 4.78 is 26.7. The smallest absolute Gasteiger partial charge is 0.238 e. The van der Waals surface area contributed by atoms with Gasteiger partial charge in [-0.2, -0.15) is 5.26 Å². The lowest BCUT2D eigenvalue weighted by atomic mass is 10.1. The Morgan fingerprint density at radius 2 is 2.05 bits per heavy atom. The van der Waals surface area contributed by atoms with E-state index in [4.69, 9.17) is 5.26 Å². The van der Waals surface area contributed by atoms with Crippen molar-refractivity contribution in [1.29, 1.82) is 5.26 Å². The molecule has 0 aliphatic carbocycles. The zero-order valence-corrected chi connectivity index (χ0v) is 12.7. The zero-order chi connectivity index (χ0) is 14.8. The summed E-state index contributed by atoms with van der Waals surface area (Å²) in [5.74, 6) is -0.242. The average Bonchev–Trinajstić information content (AvgIpc) is 2.67. The van der Waals surface area contributed by atoms with Crippen LogP contribution in [0.2, 0.25) is 0 Å². The van der Waals surface area contributed by atoms with Crippen LogP contribution in [0.5, 0.6) is 0 Å². The van der Waals surface area contributed by atoms with E-state index in [0.29, 0.717) is 16.3 Å². The number of rotatable bonds is 4. The Bertz CT molecular complexity index is 754. The molecule has 1 N–H and O–H groups in total. The van der Waals surface area contributed by atoms with Gasteiger partial charge < -0.3 is 0 Å². The van der Waals surface area contributed by atoms with Gasteiger partial charge in [0.2, 0.25) is 10.0 Å². The minimum Gasteiger partial charge on any atom is -0.258 e. The van der Waals surface area contributed by atoms with Crippen LogP contribution in [-0.2, 0) is 15.8 Å². The summed E-state index contributed by atoms with van der Waals surface area (Å²) in [6.45, 7) is 3.71. The average molecular weight is 307 g/mol. The van der Waals surface area contributed by atoms with Crippen molar-refractivity contribution >= 4 is 26.5 Å². The first kappa shape index (κ1) is 14.5. The van der Waals surface area contributed by atoms with Crippen molar-refractivity contribution < 1.29 is 8.42 Å². The van der Waals surface area contributed by atoms with Crippen molar-refractivity contribution in [3.05, 3.63) is 46.0 Å². The van der Waals surface area contributed by atoms with Gasteiger partial charge in [0.1, 0.15) is 0 Å². The molecule has 0 spiro atoms. The van der Waals surface area contributed by atoms with Gasteiger partial charge >= 0.3 is 0 Å². The Balaban J connectivity index is 2.22. The number of nitrogens with one attached hydrogen (secondary N) is 1. The van der Waals surface area contributed by atoms with Crippen LogP contribution in [0, 0.1) is 25.2 Å². The third-order valence-corrected chi connectivity index (χ3v) is 5.07. The highest BCUT2D eigenvalue weighted by molar-refractivity contribution is 7.92. The summed E-state index contributed by atoms with van der Waals surface area (Å²) >= 11 is 1.30. The number of aromatic nitrogens is 1. The van der Waals surface area contributed by atoms with Crippen molar-refractivity contribution in [2.24, 2.45) is 0 Å². The molecule has 2 aromatic rings. The molecule has 0 aliphatic heterocycles. The van der Waals surface area contributed by atoms with Crippen molar-refractivity contribution in [2.75, 3.05) is 4.72 Å². The fraction of sp³-hybridized carbons (Fsp3) is 0.231. The third-order valence-electron chi connectivity index (χ3n) is 2.75. The Hall–Kier alpha value is -1.91. The van der Waals surface area contributed by atoms with Gasteiger partial charge in [-0.25, -0.2) is 13.4 Å². The molecule has 0 unspecified atom stereocenters. The van der Waals surface area contributed by atoms with Crippen LogP contribution in [0.25, 0.3) is 0 Å². The Kier molecular flexibility index (Phi) is 4.06. The van der Waals surface area contributed by atoms with Gasteiger partial charge in [-0.05, 0) is 25.5 Å². The summed E-state index contributed by atoms with van der Waals surface area (Å²) in [5.41, 5.74) is 1.65. The number of sulfonamides is 1. The number of hydrogen-bond acceptors (Lipinski definition) is 5. The van der Waals surface area contributed by atoms with Crippen molar-refractivity contribution in [3.8, 4) is 6.07 Å². The predicted molar refractivity (Wildman–Crippen MR) is 79.0 cm³/mol. The number of nitrogens with zero attached hydrogens (tertiary/aromatic N) is 2. The highest BCUT2D eigenvalue weighted by Gasteiger charge is 2.16. The molecule has 2 rings (SSSR count). The number of aryl methyl sites for hydroxylation is 2. The second kappa shape index (κ2) is 5.61. The van der Waals surface area contributed by atoms with Gasteiger partial charge in [-0.1, -0.05) is 18.2 Å². The van der Waals surface area contributed by atoms with E-state index >= 15 is 0 Å². The van der Waals surface area contributed by atoms with Gasteiger partial charge in [0.05, 0.1) is 23.1 Å². The molecular formula is C13H13N3O2S2. The lowest BCUT2D eigenvalue weighted by molar-refractivity contribution is 0.600. The number of nitriles is 1. The van der Waals surface area contributed by atoms with Crippen LogP contribution >= 0.6 is 11.3 Å². The number of thiazole rings is 1. The second-order valence-electron chi connectivity index (χ2n) is 4.29. The van der Waals surface area contributed by atoms with Crippen molar-refractivity contribution in [2.45, 2.75) is 19.6 Å². The monoisotopic (exact) mass is 307 g/mol. The van der Waals surface area contributed by atoms with E-state index in [0.717, 1.165) is 10.6 Å². The molecule has 0 bridgehead atoms. The van der Waals surface area contributed by atoms with Gasteiger partial charge in [0.25, 0.3) is 0 Å². The second-order valence-corrected chi connectivity index (χ2v) is 7.22. The number of hydrogen-bond donors (Lipinski definition) is 1. The van der Waals surface area contributed by atoms with Crippen LogP contribution in [-0.4, -0.2) is 13.4 Å². The molecule has 0 atom stereocenters. The third kappa shape index (κ3) is 3.35. The van der Waals surface area contributed by atoms with E-state index in [-0.39, 0.29) is 5.75 Å². The summed E-state index contributed by atoms with van der Waals surface area (Å²) in [5, 5.41) is 9.33. The molecule has 104 valence electrons. The van der Waals surface area contributed by atoms with Gasteiger partial charge in [-0.15, -0.1) is 11.3 Å². The van der Waals surface area contributed by atoms with Crippen molar-refractivity contribution in [3.63, 3.8) is 0 Å². The maximum Gasteiger partial charge on any atom is 0.238 e. The normalized spacial score (nSPS) is 11.1. The Labute approximate surface area is 122 Å². The molecule has 7 heteroatoms. The zero-order valence-electron chi connectivity index (χ0n) is 11.0. The first-order valence-electron chi connectivity index (χ1n) is 5.84. The summed E-state index contributed by atoms with van der Waals surface area (Å²) in [7, 11) is -3.58. The maximum atomic E-state index is 12.1. The molecule has 0 amide bonds. The maximum absolute atomic E-state index is 12.1. The first-order chi connectivity index (χ1) is 9.41. The standard InChI is InChI=1S/C13H13N3O2S2/c1-9-10(2)19-13(15-9)16-20(17,18)8-12-6-4-3-5-11(12)7-14/h3-6H,8H2,1-2H3,(H,15,16). The molecule has 0 saturated carbocycles. The van der Waals surface area contributed by atoms with E-state index in [1.165, 1.54) is 11.3 Å². The molecule has 1 aromatic carbocycles. The minimum absolute atomic E-state index is 0.242. The highest BCUT2D eigenvalue weighted by atomic mass is 32.2. The van der Waals surface area contributed by atoms with Crippen LogP contribution in [0.3, 0.4) is 0 Å². The van der Waals surface area contributed by atoms with E-state index in [1.807, 2.05) is 19.9 Å². The largest absolute Gasteiger partial charge is 0.258 e. The van der Waals surface area contributed by atoms with Gasteiger partial charge in [0.15, 0.2) is 5.13 Å². The Morgan fingerprint density at radius 1 is 1.35 bits per heavy atom. The van der Waals surface area contributed by atoms with E-state index in [1.54, 1.807) is 24.3 Å². The van der Waals surface area contributed by atoms with E-state index in [2.05, 4.69) is 9.71 Å². The fourth-order valence-corrected chi connectivity index (χ4v) is 3.90. The molecule has 20 heavy (non-hydrogen) atoms. The van der Waals surface area contributed by atoms with Crippen LogP contribution < -0.4 is 4.72 Å². The summed E-state index contributed by atoms with van der Waals surface area (Å²) in [6, 6.07) is 8.64. The van der Waals surface area contributed by atoms with Crippen molar-refractivity contribution in [1.82, 2.24) is 4.98 Å². The number of anilines is 1. The molecule has 0 saturated heterocycles. The molecule has 5 nitrogen and oxygen atoms in total. The van der Waals surface area contributed by atoms with Gasteiger partial charge in [0, 0.05) is 4.88 Å². The predicted octanol–water partition coefficient (Wildman–Crippen LogP) is 2.57.